The van der Waals surface area contributed by atoms with Crippen molar-refractivity contribution in [3.05, 3.63) is 83.2 Å². The van der Waals surface area contributed by atoms with Gasteiger partial charge in [0.25, 0.3) is 11.8 Å². The van der Waals surface area contributed by atoms with Crippen LogP contribution in [0.5, 0.6) is 0 Å². The second kappa shape index (κ2) is 9.53. The zero-order chi connectivity index (χ0) is 21.5. The van der Waals surface area contributed by atoms with Crippen LogP contribution in [0.4, 0.5) is 5.69 Å². The number of hydrogen-bond donors (Lipinski definition) is 2. The van der Waals surface area contributed by atoms with E-state index in [1.54, 1.807) is 19.3 Å². The minimum atomic E-state index is -0.310. The molecular weight excluding hydrogens is 374 g/mol. The van der Waals surface area contributed by atoms with E-state index in [4.69, 9.17) is 0 Å². The predicted octanol–water partition coefficient (Wildman–Crippen LogP) is 4.26. The Hall–Kier alpha value is -3.91. The Bertz CT molecular complexity index is 1140. The first-order valence-corrected chi connectivity index (χ1v) is 9.60. The van der Waals surface area contributed by atoms with Gasteiger partial charge in [0.1, 0.15) is 0 Å². The van der Waals surface area contributed by atoms with Crippen molar-refractivity contribution in [2.45, 2.75) is 27.3 Å². The fraction of sp³-hybridized carbons (Fsp3) is 0.160. The highest BCUT2D eigenvalue weighted by Gasteiger charge is 2.11. The van der Waals surface area contributed by atoms with Gasteiger partial charge < -0.3 is 10.6 Å². The summed E-state index contributed by atoms with van der Waals surface area (Å²) >= 11 is 0. The molecule has 5 nitrogen and oxygen atoms in total. The molecule has 0 saturated heterocycles. The van der Waals surface area contributed by atoms with Crippen LogP contribution in [-0.4, -0.2) is 16.8 Å². The molecule has 0 aliphatic heterocycles. The second-order valence-electron chi connectivity index (χ2n) is 6.94. The highest BCUT2D eigenvalue weighted by atomic mass is 16.2. The molecule has 2 amide bonds. The molecule has 0 aliphatic rings. The summed E-state index contributed by atoms with van der Waals surface area (Å²) in [6.45, 7) is 5.93. The molecule has 0 spiro atoms. The Kier molecular flexibility index (Phi) is 6.61. The van der Waals surface area contributed by atoms with Crippen molar-refractivity contribution in [2.75, 3.05) is 5.32 Å². The first-order valence-electron chi connectivity index (χ1n) is 9.60. The number of amides is 2. The van der Waals surface area contributed by atoms with Crippen LogP contribution >= 0.6 is 0 Å². The maximum absolute atomic E-state index is 12.8. The van der Waals surface area contributed by atoms with Crippen LogP contribution in [-0.2, 0) is 11.3 Å². The SMILES string of the molecule is CC#CC(=O)NCc1cccc(-c2cncc(C(=O)Nc3c(C)cccc3C)c2)c1. The van der Waals surface area contributed by atoms with Crippen LogP contribution in [0.3, 0.4) is 0 Å². The van der Waals surface area contributed by atoms with Crippen LogP contribution in [0.2, 0.25) is 0 Å². The van der Waals surface area contributed by atoms with Crippen molar-refractivity contribution in [3.8, 4) is 23.0 Å². The van der Waals surface area contributed by atoms with Crippen LogP contribution in [0.15, 0.2) is 60.9 Å². The molecule has 1 aromatic heterocycles. The van der Waals surface area contributed by atoms with Crippen molar-refractivity contribution in [2.24, 2.45) is 0 Å². The third kappa shape index (κ3) is 5.12. The van der Waals surface area contributed by atoms with E-state index in [-0.39, 0.29) is 11.8 Å². The molecule has 2 aromatic carbocycles. The van der Waals surface area contributed by atoms with Gasteiger partial charge in [0.15, 0.2) is 0 Å². The molecular formula is C25H23N3O2. The number of carbonyl (C=O) groups excluding carboxylic acids is 2. The molecule has 0 fully saturated rings. The highest BCUT2D eigenvalue weighted by Crippen LogP contribution is 2.23. The number of pyridine rings is 1. The van der Waals surface area contributed by atoms with Crippen molar-refractivity contribution >= 4 is 17.5 Å². The number of nitrogens with zero attached hydrogens (tertiary/aromatic N) is 1. The Balaban J connectivity index is 1.79. The molecule has 5 heteroatoms. The van der Waals surface area contributed by atoms with Crippen molar-refractivity contribution in [1.29, 1.82) is 0 Å². The topological polar surface area (TPSA) is 71.1 Å². The number of aryl methyl sites for hydroxylation is 2. The quantitative estimate of drug-likeness (QED) is 0.632. The van der Waals surface area contributed by atoms with Gasteiger partial charge in [-0.15, -0.1) is 0 Å². The Morgan fingerprint density at radius 3 is 2.43 bits per heavy atom. The summed E-state index contributed by atoms with van der Waals surface area (Å²) in [6.07, 6.45) is 3.27. The van der Waals surface area contributed by atoms with Gasteiger partial charge in [-0.2, -0.15) is 0 Å². The molecule has 2 N–H and O–H groups in total. The van der Waals surface area contributed by atoms with Crippen molar-refractivity contribution in [1.82, 2.24) is 10.3 Å². The number of aromatic nitrogens is 1. The summed E-state index contributed by atoms with van der Waals surface area (Å²) in [5.41, 5.74) is 5.99. The Labute approximate surface area is 176 Å². The van der Waals surface area contributed by atoms with Crippen LogP contribution < -0.4 is 10.6 Å². The van der Waals surface area contributed by atoms with E-state index in [1.807, 2.05) is 62.4 Å². The normalized spacial score (nSPS) is 9.97. The summed E-state index contributed by atoms with van der Waals surface area (Å²) in [5, 5.41) is 5.74. The molecule has 0 bridgehead atoms. The number of anilines is 1. The van der Waals surface area contributed by atoms with E-state index in [0.717, 1.165) is 33.5 Å². The highest BCUT2D eigenvalue weighted by molar-refractivity contribution is 6.05. The lowest BCUT2D eigenvalue weighted by Crippen LogP contribution is -2.20. The fourth-order valence-electron chi connectivity index (χ4n) is 3.12. The fourth-order valence-corrected chi connectivity index (χ4v) is 3.12. The number of nitrogens with one attached hydrogen (secondary N) is 2. The summed E-state index contributed by atoms with van der Waals surface area (Å²) in [4.78, 5) is 28.6. The first kappa shape index (κ1) is 20.8. The zero-order valence-corrected chi connectivity index (χ0v) is 17.2. The van der Waals surface area contributed by atoms with E-state index in [2.05, 4.69) is 27.5 Å². The number of para-hydroxylation sites is 1. The number of carbonyl (C=O) groups is 2. The van der Waals surface area contributed by atoms with Gasteiger partial charge in [0, 0.05) is 30.2 Å². The monoisotopic (exact) mass is 397 g/mol. The van der Waals surface area contributed by atoms with E-state index in [1.165, 1.54) is 0 Å². The van der Waals surface area contributed by atoms with Gasteiger partial charge in [-0.3, -0.25) is 14.6 Å². The molecule has 0 radical (unpaired) electrons. The van der Waals surface area contributed by atoms with Crippen molar-refractivity contribution < 1.29 is 9.59 Å². The Morgan fingerprint density at radius 2 is 1.70 bits per heavy atom. The molecule has 3 aromatic rings. The van der Waals surface area contributed by atoms with Gasteiger partial charge >= 0.3 is 0 Å². The molecule has 150 valence electrons. The standard InChI is InChI=1S/C25H23N3O2/c1-4-7-23(29)27-14-19-10-6-11-20(12-19)21-13-22(16-26-15-21)25(30)28-24-17(2)8-5-9-18(24)3/h5-6,8-13,15-16H,14H2,1-3H3,(H,27,29)(H,28,30). The lowest BCUT2D eigenvalue weighted by molar-refractivity contribution is -0.115. The first-order chi connectivity index (χ1) is 14.5. The summed E-state index contributed by atoms with van der Waals surface area (Å²) in [5.74, 6) is 4.51. The predicted molar refractivity (Wildman–Crippen MR) is 119 cm³/mol. The number of hydrogen-bond acceptors (Lipinski definition) is 3. The molecule has 0 aliphatic carbocycles. The lowest BCUT2D eigenvalue weighted by atomic mass is 10.0. The average Bonchev–Trinajstić information content (AvgIpc) is 2.75. The van der Waals surface area contributed by atoms with Gasteiger partial charge in [-0.25, -0.2) is 0 Å². The molecule has 0 unspecified atom stereocenters. The second-order valence-corrected chi connectivity index (χ2v) is 6.94. The molecule has 0 saturated carbocycles. The number of benzene rings is 2. The minimum Gasteiger partial charge on any atom is -0.341 e. The van der Waals surface area contributed by atoms with Gasteiger partial charge in [0.2, 0.25) is 0 Å². The largest absolute Gasteiger partial charge is 0.341 e. The van der Waals surface area contributed by atoms with E-state index in [9.17, 15) is 9.59 Å². The van der Waals surface area contributed by atoms with Gasteiger partial charge in [-0.1, -0.05) is 42.3 Å². The molecule has 0 atom stereocenters. The Morgan fingerprint density at radius 1 is 0.967 bits per heavy atom. The van der Waals surface area contributed by atoms with E-state index < -0.39 is 0 Å². The number of rotatable bonds is 5. The van der Waals surface area contributed by atoms with Crippen LogP contribution in [0, 0.1) is 25.7 Å². The van der Waals surface area contributed by atoms with Crippen LogP contribution in [0.25, 0.3) is 11.1 Å². The summed E-state index contributed by atoms with van der Waals surface area (Å²) in [7, 11) is 0. The maximum Gasteiger partial charge on any atom is 0.296 e. The van der Waals surface area contributed by atoms with Gasteiger partial charge in [0.05, 0.1) is 5.56 Å². The summed E-state index contributed by atoms with van der Waals surface area (Å²) in [6, 6.07) is 15.5. The van der Waals surface area contributed by atoms with Crippen molar-refractivity contribution in [3.63, 3.8) is 0 Å². The summed E-state index contributed by atoms with van der Waals surface area (Å²) < 4.78 is 0. The molecule has 1 heterocycles. The molecule has 30 heavy (non-hydrogen) atoms. The maximum atomic E-state index is 12.8. The zero-order valence-electron chi connectivity index (χ0n) is 17.2. The van der Waals surface area contributed by atoms with E-state index >= 15 is 0 Å². The third-order valence-electron chi connectivity index (χ3n) is 4.67. The van der Waals surface area contributed by atoms with Crippen LogP contribution in [0.1, 0.15) is 34.0 Å². The lowest BCUT2D eigenvalue weighted by Gasteiger charge is -2.12. The molecule has 3 rings (SSSR count). The smallest absolute Gasteiger partial charge is 0.296 e. The third-order valence-corrected chi connectivity index (χ3v) is 4.67. The van der Waals surface area contributed by atoms with E-state index in [0.29, 0.717) is 12.1 Å². The minimum absolute atomic E-state index is 0.205. The average molecular weight is 397 g/mol. The van der Waals surface area contributed by atoms with Gasteiger partial charge in [-0.05, 0) is 61.1 Å².